The highest BCUT2D eigenvalue weighted by molar-refractivity contribution is 5.76. The lowest BCUT2D eigenvalue weighted by Gasteiger charge is -2.52. The third-order valence-corrected chi connectivity index (χ3v) is 7.94. The Hall–Kier alpha value is -0.870. The van der Waals surface area contributed by atoms with E-state index in [-0.39, 0.29) is 29.3 Å². The van der Waals surface area contributed by atoms with Crippen LogP contribution in [0.25, 0.3) is 0 Å². The number of esters is 1. The van der Waals surface area contributed by atoms with Crippen LogP contribution in [-0.4, -0.2) is 47.3 Å². The van der Waals surface area contributed by atoms with Crippen LogP contribution in [0.3, 0.4) is 0 Å². The van der Waals surface area contributed by atoms with Gasteiger partial charge in [0.05, 0.1) is 12.0 Å². The summed E-state index contributed by atoms with van der Waals surface area (Å²) in [4.78, 5) is 15.1. The van der Waals surface area contributed by atoms with Crippen LogP contribution >= 0.6 is 0 Å². The monoisotopic (exact) mass is 347 g/mol. The number of carbonyl (C=O) groups is 1. The molecule has 0 aromatic heterocycles. The number of fused-ring (bicyclic) bond motifs is 2. The number of likely N-dealkylation sites (tertiary alicyclic amines) is 1. The Morgan fingerprint density at radius 2 is 2.12 bits per heavy atom. The van der Waals surface area contributed by atoms with Crippen molar-refractivity contribution in [3.05, 3.63) is 11.6 Å². The van der Waals surface area contributed by atoms with E-state index in [1.165, 1.54) is 24.8 Å². The Morgan fingerprint density at radius 3 is 2.88 bits per heavy atom. The SMILES string of the molecule is CC1CCCCN1CC1C(=O)OC2CC3=CCCC(C)C3(C)C(O)C21. The number of allylic oxidation sites excluding steroid dienone is 1. The number of carbonyl (C=O) groups excluding carboxylic acids is 1. The molecule has 4 heteroatoms. The van der Waals surface area contributed by atoms with Crippen molar-refractivity contribution < 1.29 is 14.6 Å². The summed E-state index contributed by atoms with van der Waals surface area (Å²) in [6.45, 7) is 8.56. The lowest BCUT2D eigenvalue weighted by molar-refractivity contribution is -0.145. The first-order chi connectivity index (χ1) is 11.9. The highest BCUT2D eigenvalue weighted by Gasteiger charge is 2.59. The number of rotatable bonds is 2. The first kappa shape index (κ1) is 17.5. The van der Waals surface area contributed by atoms with Crippen molar-refractivity contribution in [1.29, 1.82) is 0 Å². The molecule has 7 unspecified atom stereocenters. The summed E-state index contributed by atoms with van der Waals surface area (Å²) in [5, 5.41) is 11.4. The van der Waals surface area contributed by atoms with Gasteiger partial charge in [-0.3, -0.25) is 9.69 Å². The van der Waals surface area contributed by atoms with Gasteiger partial charge in [-0.25, -0.2) is 0 Å². The van der Waals surface area contributed by atoms with Gasteiger partial charge in [0.25, 0.3) is 0 Å². The number of piperidine rings is 1. The smallest absolute Gasteiger partial charge is 0.311 e. The van der Waals surface area contributed by atoms with E-state index in [9.17, 15) is 9.90 Å². The largest absolute Gasteiger partial charge is 0.461 e. The number of aliphatic hydroxyl groups is 1. The predicted molar refractivity (Wildman–Crippen MR) is 97.0 cm³/mol. The molecule has 3 fully saturated rings. The Labute approximate surface area is 151 Å². The highest BCUT2D eigenvalue weighted by atomic mass is 16.6. The second-order valence-corrected chi connectivity index (χ2v) is 9.14. The average Bonchev–Trinajstić information content (AvgIpc) is 2.88. The predicted octanol–water partition coefficient (Wildman–Crippen LogP) is 3.15. The third-order valence-electron chi connectivity index (χ3n) is 7.94. The minimum Gasteiger partial charge on any atom is -0.461 e. The Balaban J connectivity index is 1.60. The molecule has 4 aliphatic rings. The van der Waals surface area contributed by atoms with E-state index in [4.69, 9.17) is 4.74 Å². The van der Waals surface area contributed by atoms with Crippen molar-refractivity contribution in [2.45, 2.75) is 77.5 Å². The van der Waals surface area contributed by atoms with Crippen molar-refractivity contribution in [3.8, 4) is 0 Å². The van der Waals surface area contributed by atoms with Gasteiger partial charge < -0.3 is 9.84 Å². The van der Waals surface area contributed by atoms with Crippen LogP contribution in [0.4, 0.5) is 0 Å². The molecule has 0 spiro atoms. The summed E-state index contributed by atoms with van der Waals surface area (Å²) in [6, 6.07) is 0.529. The van der Waals surface area contributed by atoms with Crippen LogP contribution in [0.15, 0.2) is 11.6 Å². The average molecular weight is 347 g/mol. The molecule has 0 bridgehead atoms. The summed E-state index contributed by atoms with van der Waals surface area (Å²) in [5.41, 5.74) is 1.12. The number of hydrogen-bond donors (Lipinski definition) is 1. The summed E-state index contributed by atoms with van der Waals surface area (Å²) in [7, 11) is 0. The van der Waals surface area contributed by atoms with Gasteiger partial charge in [0.1, 0.15) is 6.10 Å². The summed E-state index contributed by atoms with van der Waals surface area (Å²) in [5.74, 6) is 0.147. The lowest BCUT2D eigenvalue weighted by Crippen LogP contribution is -2.55. The molecule has 0 amide bonds. The molecule has 2 aliphatic carbocycles. The first-order valence-electron chi connectivity index (χ1n) is 10.2. The second-order valence-electron chi connectivity index (χ2n) is 9.14. The topological polar surface area (TPSA) is 49.8 Å². The van der Waals surface area contributed by atoms with Gasteiger partial charge in [-0.05, 0) is 45.1 Å². The van der Waals surface area contributed by atoms with Crippen LogP contribution in [0.2, 0.25) is 0 Å². The van der Waals surface area contributed by atoms with E-state index in [1.807, 2.05) is 0 Å². The van der Waals surface area contributed by atoms with Crippen LogP contribution in [-0.2, 0) is 9.53 Å². The summed E-state index contributed by atoms with van der Waals surface area (Å²) >= 11 is 0. The van der Waals surface area contributed by atoms with Gasteiger partial charge >= 0.3 is 5.97 Å². The number of nitrogens with zero attached hydrogens (tertiary/aromatic N) is 1. The maximum Gasteiger partial charge on any atom is 0.311 e. The standard InChI is InChI=1S/C21H33NO3/c1-13-7-6-9-15-11-17-18(19(23)21(13,15)3)16(20(24)25-17)12-22-10-5-4-8-14(22)2/h9,13-14,16-19,23H,4-8,10-12H2,1-3H3. The van der Waals surface area contributed by atoms with Gasteiger partial charge in [0, 0.05) is 30.3 Å². The van der Waals surface area contributed by atoms with E-state index < -0.39 is 6.10 Å². The molecule has 4 nitrogen and oxygen atoms in total. The Bertz CT molecular complexity index is 573. The van der Waals surface area contributed by atoms with E-state index in [0.29, 0.717) is 12.0 Å². The first-order valence-corrected chi connectivity index (χ1v) is 10.2. The van der Waals surface area contributed by atoms with Crippen molar-refractivity contribution >= 4 is 5.97 Å². The molecule has 140 valence electrons. The third kappa shape index (κ3) is 2.68. The molecule has 2 heterocycles. The van der Waals surface area contributed by atoms with Crippen molar-refractivity contribution in [1.82, 2.24) is 4.90 Å². The minimum atomic E-state index is -0.482. The van der Waals surface area contributed by atoms with E-state index >= 15 is 0 Å². The Kier molecular flexibility index (Phi) is 4.48. The molecular formula is C21H33NO3. The van der Waals surface area contributed by atoms with Crippen LogP contribution in [0.5, 0.6) is 0 Å². The molecule has 1 saturated carbocycles. The van der Waals surface area contributed by atoms with Gasteiger partial charge in [0.15, 0.2) is 0 Å². The highest BCUT2D eigenvalue weighted by Crippen LogP contribution is 2.56. The maximum absolute atomic E-state index is 12.7. The van der Waals surface area contributed by atoms with Crippen LogP contribution in [0, 0.1) is 23.2 Å². The Morgan fingerprint density at radius 1 is 1.32 bits per heavy atom. The molecule has 7 atom stereocenters. The molecule has 0 radical (unpaired) electrons. The molecule has 2 aliphatic heterocycles. The molecule has 25 heavy (non-hydrogen) atoms. The van der Waals surface area contributed by atoms with Gasteiger partial charge in [-0.1, -0.05) is 31.9 Å². The van der Waals surface area contributed by atoms with Crippen molar-refractivity contribution in [2.75, 3.05) is 13.1 Å². The quantitative estimate of drug-likeness (QED) is 0.616. The van der Waals surface area contributed by atoms with E-state index in [1.54, 1.807) is 0 Å². The van der Waals surface area contributed by atoms with Crippen LogP contribution < -0.4 is 0 Å². The maximum atomic E-state index is 12.7. The minimum absolute atomic E-state index is 0.0515. The fraction of sp³-hybridized carbons (Fsp3) is 0.857. The van der Waals surface area contributed by atoms with Gasteiger partial charge in [-0.2, -0.15) is 0 Å². The van der Waals surface area contributed by atoms with Gasteiger partial charge in [-0.15, -0.1) is 0 Å². The summed E-state index contributed by atoms with van der Waals surface area (Å²) < 4.78 is 5.79. The lowest BCUT2D eigenvalue weighted by atomic mass is 9.55. The number of hydrogen-bond acceptors (Lipinski definition) is 4. The number of ether oxygens (including phenoxy) is 1. The zero-order valence-corrected chi connectivity index (χ0v) is 15.9. The molecule has 0 aromatic rings. The van der Waals surface area contributed by atoms with E-state index in [0.717, 1.165) is 32.4 Å². The molecule has 1 N–H and O–H groups in total. The normalized spacial score (nSPS) is 47.7. The molecule has 0 aromatic carbocycles. The zero-order valence-electron chi connectivity index (χ0n) is 15.9. The molecule has 2 saturated heterocycles. The molecule has 4 rings (SSSR count). The van der Waals surface area contributed by atoms with Crippen molar-refractivity contribution in [3.63, 3.8) is 0 Å². The summed E-state index contributed by atoms with van der Waals surface area (Å²) in [6.07, 6.45) is 8.42. The van der Waals surface area contributed by atoms with Gasteiger partial charge in [0.2, 0.25) is 0 Å². The fourth-order valence-corrected chi connectivity index (χ4v) is 5.96. The van der Waals surface area contributed by atoms with Crippen molar-refractivity contribution in [2.24, 2.45) is 23.2 Å². The molecular weight excluding hydrogens is 314 g/mol. The van der Waals surface area contributed by atoms with Crippen LogP contribution in [0.1, 0.15) is 59.3 Å². The second kappa shape index (κ2) is 6.38. The number of aliphatic hydroxyl groups excluding tert-OH is 1. The fourth-order valence-electron chi connectivity index (χ4n) is 5.96. The van der Waals surface area contributed by atoms with E-state index in [2.05, 4.69) is 31.7 Å². The zero-order chi connectivity index (χ0) is 17.8.